The van der Waals surface area contributed by atoms with Gasteiger partial charge in [0.05, 0.1) is 6.04 Å². The number of aryl methyl sites for hydroxylation is 2. The van der Waals surface area contributed by atoms with Gasteiger partial charge < -0.3 is 5.73 Å². The predicted octanol–water partition coefficient (Wildman–Crippen LogP) is 2.79. The van der Waals surface area contributed by atoms with Crippen LogP contribution in [0.1, 0.15) is 37.0 Å². The Hall–Kier alpha value is -1.15. The number of ketones is 1. The highest BCUT2D eigenvalue weighted by atomic mass is 16.1. The molecule has 1 aromatic rings. The Morgan fingerprint density at radius 1 is 1.35 bits per heavy atom. The maximum absolute atomic E-state index is 12.1. The minimum absolute atomic E-state index is 0.146. The fraction of sp³-hybridized carbons (Fsp3) is 0.533. The highest BCUT2D eigenvalue weighted by molar-refractivity contribution is 5.86. The topological polar surface area (TPSA) is 43.1 Å². The Morgan fingerprint density at radius 2 is 2.00 bits per heavy atom. The van der Waals surface area contributed by atoms with E-state index in [9.17, 15) is 4.79 Å². The molecule has 1 rings (SSSR count). The van der Waals surface area contributed by atoms with Gasteiger partial charge in [-0.2, -0.15) is 0 Å². The molecule has 2 N–H and O–H groups in total. The van der Waals surface area contributed by atoms with Crippen molar-refractivity contribution < 1.29 is 4.79 Å². The van der Waals surface area contributed by atoms with E-state index in [0.717, 1.165) is 12.0 Å². The first-order valence-electron chi connectivity index (χ1n) is 6.30. The van der Waals surface area contributed by atoms with Crippen molar-refractivity contribution in [2.75, 3.05) is 0 Å². The molecule has 0 fully saturated rings. The molecule has 2 heteroatoms. The molecule has 0 spiro atoms. The Bertz CT molecular complexity index is 398. The van der Waals surface area contributed by atoms with Crippen LogP contribution in [0.3, 0.4) is 0 Å². The number of benzene rings is 1. The van der Waals surface area contributed by atoms with E-state index < -0.39 is 0 Å². The second kappa shape index (κ2) is 5.97. The third-order valence-corrected chi connectivity index (χ3v) is 3.50. The van der Waals surface area contributed by atoms with Crippen molar-refractivity contribution in [3.05, 3.63) is 34.9 Å². The van der Waals surface area contributed by atoms with E-state index >= 15 is 0 Å². The smallest absolute Gasteiger partial charge is 0.154 e. The molecular formula is C15H23NO. The van der Waals surface area contributed by atoms with Crippen LogP contribution in [-0.4, -0.2) is 11.8 Å². The standard InChI is InChI=1S/C15H23NO/c1-5-11(3)15(16)14(17)9-13-8-10(2)6-7-12(13)4/h6-8,11,15H,5,9,16H2,1-4H3. The van der Waals surface area contributed by atoms with Crippen LogP contribution in [0.2, 0.25) is 0 Å². The molecule has 0 heterocycles. The van der Waals surface area contributed by atoms with Gasteiger partial charge in [-0.25, -0.2) is 0 Å². The summed E-state index contributed by atoms with van der Waals surface area (Å²) in [6.45, 7) is 8.18. The number of nitrogens with two attached hydrogens (primary N) is 1. The van der Waals surface area contributed by atoms with Crippen LogP contribution in [0.15, 0.2) is 18.2 Å². The molecule has 0 aliphatic heterocycles. The minimum Gasteiger partial charge on any atom is -0.321 e. The fourth-order valence-electron chi connectivity index (χ4n) is 1.87. The lowest BCUT2D eigenvalue weighted by Gasteiger charge is -2.17. The lowest BCUT2D eigenvalue weighted by Crippen LogP contribution is -2.37. The zero-order chi connectivity index (χ0) is 13.0. The molecule has 94 valence electrons. The first-order valence-corrected chi connectivity index (χ1v) is 6.30. The molecule has 0 amide bonds. The molecule has 0 aliphatic rings. The van der Waals surface area contributed by atoms with Gasteiger partial charge in [-0.15, -0.1) is 0 Å². The second-order valence-electron chi connectivity index (χ2n) is 4.98. The summed E-state index contributed by atoms with van der Waals surface area (Å²) in [5.41, 5.74) is 9.42. The first-order chi connectivity index (χ1) is 7.95. The van der Waals surface area contributed by atoms with Crippen molar-refractivity contribution >= 4 is 5.78 Å². The van der Waals surface area contributed by atoms with Crippen molar-refractivity contribution in [2.45, 2.75) is 46.6 Å². The SMILES string of the molecule is CCC(C)C(N)C(=O)Cc1cc(C)ccc1C. The van der Waals surface area contributed by atoms with Gasteiger partial charge in [0, 0.05) is 6.42 Å². The molecule has 2 unspecified atom stereocenters. The summed E-state index contributed by atoms with van der Waals surface area (Å²) in [5.74, 6) is 0.403. The van der Waals surface area contributed by atoms with Crippen LogP contribution in [0.25, 0.3) is 0 Å². The molecule has 0 aliphatic carbocycles. The van der Waals surface area contributed by atoms with E-state index in [1.807, 2.05) is 20.8 Å². The molecule has 2 nitrogen and oxygen atoms in total. The van der Waals surface area contributed by atoms with Gasteiger partial charge in [-0.3, -0.25) is 4.79 Å². The lowest BCUT2D eigenvalue weighted by molar-refractivity contribution is -0.120. The minimum atomic E-state index is -0.333. The third kappa shape index (κ3) is 3.67. The van der Waals surface area contributed by atoms with Crippen molar-refractivity contribution in [2.24, 2.45) is 11.7 Å². The summed E-state index contributed by atoms with van der Waals surface area (Å²) in [4.78, 5) is 12.1. The molecule has 1 aromatic carbocycles. The Balaban J connectivity index is 2.77. The zero-order valence-corrected chi connectivity index (χ0v) is 11.3. The van der Waals surface area contributed by atoms with Crippen molar-refractivity contribution in [3.63, 3.8) is 0 Å². The maximum atomic E-state index is 12.1. The predicted molar refractivity (Wildman–Crippen MR) is 72.1 cm³/mol. The number of hydrogen-bond acceptors (Lipinski definition) is 2. The van der Waals surface area contributed by atoms with Crippen molar-refractivity contribution in [1.29, 1.82) is 0 Å². The fourth-order valence-corrected chi connectivity index (χ4v) is 1.87. The normalized spacial score (nSPS) is 14.4. The van der Waals surface area contributed by atoms with Crippen LogP contribution >= 0.6 is 0 Å². The lowest BCUT2D eigenvalue weighted by atomic mass is 9.91. The molecular weight excluding hydrogens is 210 g/mol. The number of Topliss-reactive ketones (excluding diaryl/α,β-unsaturated/α-hetero) is 1. The second-order valence-corrected chi connectivity index (χ2v) is 4.98. The number of hydrogen-bond donors (Lipinski definition) is 1. The van der Waals surface area contributed by atoms with Gasteiger partial charge in [-0.1, -0.05) is 44.0 Å². The molecule has 0 radical (unpaired) electrons. The Labute approximate surface area is 104 Å². The monoisotopic (exact) mass is 233 g/mol. The summed E-state index contributed by atoms with van der Waals surface area (Å²) in [5, 5.41) is 0. The highest BCUT2D eigenvalue weighted by Crippen LogP contribution is 2.14. The van der Waals surface area contributed by atoms with Crippen LogP contribution in [0, 0.1) is 19.8 Å². The Morgan fingerprint density at radius 3 is 2.59 bits per heavy atom. The average molecular weight is 233 g/mol. The summed E-state index contributed by atoms with van der Waals surface area (Å²) < 4.78 is 0. The van der Waals surface area contributed by atoms with Gasteiger partial charge in [0.15, 0.2) is 5.78 Å². The van der Waals surface area contributed by atoms with Crippen molar-refractivity contribution in [3.8, 4) is 0 Å². The van der Waals surface area contributed by atoms with E-state index in [-0.39, 0.29) is 17.7 Å². The van der Waals surface area contributed by atoms with E-state index in [4.69, 9.17) is 5.73 Å². The van der Waals surface area contributed by atoms with E-state index in [2.05, 4.69) is 25.1 Å². The summed E-state index contributed by atoms with van der Waals surface area (Å²) in [7, 11) is 0. The van der Waals surface area contributed by atoms with Crippen molar-refractivity contribution in [1.82, 2.24) is 0 Å². The van der Waals surface area contributed by atoms with E-state index in [1.165, 1.54) is 11.1 Å². The number of carbonyl (C=O) groups is 1. The van der Waals surface area contributed by atoms with Crippen LogP contribution in [0.5, 0.6) is 0 Å². The quantitative estimate of drug-likeness (QED) is 0.849. The maximum Gasteiger partial charge on any atom is 0.154 e. The van der Waals surface area contributed by atoms with Gasteiger partial charge in [0.2, 0.25) is 0 Å². The van der Waals surface area contributed by atoms with Gasteiger partial charge in [0.25, 0.3) is 0 Å². The average Bonchev–Trinajstić information content (AvgIpc) is 2.31. The third-order valence-electron chi connectivity index (χ3n) is 3.50. The zero-order valence-electron chi connectivity index (χ0n) is 11.3. The van der Waals surface area contributed by atoms with Crippen LogP contribution < -0.4 is 5.73 Å². The molecule has 0 saturated heterocycles. The first kappa shape index (κ1) is 13.9. The molecule has 2 atom stereocenters. The molecule has 17 heavy (non-hydrogen) atoms. The highest BCUT2D eigenvalue weighted by Gasteiger charge is 2.19. The number of rotatable bonds is 5. The van der Waals surface area contributed by atoms with Gasteiger partial charge in [-0.05, 0) is 30.9 Å². The summed E-state index contributed by atoms with van der Waals surface area (Å²) >= 11 is 0. The van der Waals surface area contributed by atoms with Crippen LogP contribution in [0.4, 0.5) is 0 Å². The van der Waals surface area contributed by atoms with E-state index in [1.54, 1.807) is 0 Å². The molecule has 0 saturated carbocycles. The summed E-state index contributed by atoms with van der Waals surface area (Å²) in [6, 6.07) is 5.88. The Kier molecular flexibility index (Phi) is 4.88. The molecule has 0 aromatic heterocycles. The largest absolute Gasteiger partial charge is 0.321 e. The van der Waals surface area contributed by atoms with Gasteiger partial charge >= 0.3 is 0 Å². The van der Waals surface area contributed by atoms with E-state index in [0.29, 0.717) is 6.42 Å². The van der Waals surface area contributed by atoms with Crippen LogP contribution in [-0.2, 0) is 11.2 Å². The number of carbonyl (C=O) groups excluding carboxylic acids is 1. The van der Waals surface area contributed by atoms with Gasteiger partial charge in [0.1, 0.15) is 0 Å². The summed E-state index contributed by atoms with van der Waals surface area (Å²) in [6.07, 6.45) is 1.40. The molecule has 0 bridgehead atoms.